The monoisotopic (exact) mass is 299 g/mol. The van der Waals surface area contributed by atoms with E-state index in [0.717, 1.165) is 12.5 Å². The topological polar surface area (TPSA) is 42.1 Å². The van der Waals surface area contributed by atoms with Crippen molar-refractivity contribution >= 4 is 34.1 Å². The highest BCUT2D eigenvalue weighted by Gasteiger charge is 2.27. The van der Waals surface area contributed by atoms with E-state index in [1.165, 1.54) is 42.0 Å². The molecule has 1 saturated carbocycles. The molecule has 1 fully saturated rings. The number of nitrogens with zero attached hydrogens (tertiary/aromatic N) is 2. The van der Waals surface area contributed by atoms with Gasteiger partial charge in [-0.15, -0.1) is 11.8 Å². The molecule has 1 aliphatic rings. The van der Waals surface area contributed by atoms with Gasteiger partial charge in [-0.3, -0.25) is 0 Å². The number of thioether (sulfide) groups is 1. The number of nitrogen functional groups attached to an aromatic ring is 1. The summed E-state index contributed by atoms with van der Waals surface area (Å²) in [6.07, 6.45) is 8.71. The minimum atomic E-state index is 0.699. The van der Waals surface area contributed by atoms with E-state index in [0.29, 0.717) is 11.9 Å². The first kappa shape index (κ1) is 15.0. The van der Waals surface area contributed by atoms with Crippen molar-refractivity contribution in [1.82, 2.24) is 4.37 Å². The average molecular weight is 300 g/mol. The Morgan fingerprint density at radius 1 is 1.42 bits per heavy atom. The SMILES string of the molecule is CSc1c(N)nsc1N(CCC(C)C)C1CCCC1. The molecular weight excluding hydrogens is 274 g/mol. The molecule has 1 aromatic heterocycles. The second-order valence-corrected chi connectivity index (χ2v) is 7.29. The fourth-order valence-corrected chi connectivity index (χ4v) is 4.50. The number of hydrogen-bond donors (Lipinski definition) is 1. The Labute approximate surface area is 125 Å². The summed E-state index contributed by atoms with van der Waals surface area (Å²) in [5.41, 5.74) is 6.00. The zero-order valence-corrected chi connectivity index (χ0v) is 13.8. The molecule has 0 atom stereocenters. The van der Waals surface area contributed by atoms with E-state index < -0.39 is 0 Å². The maximum atomic E-state index is 6.00. The van der Waals surface area contributed by atoms with Crippen LogP contribution in [0.2, 0.25) is 0 Å². The van der Waals surface area contributed by atoms with Crippen LogP contribution in [0.15, 0.2) is 4.90 Å². The Balaban J connectivity index is 2.19. The molecule has 0 amide bonds. The van der Waals surface area contributed by atoms with Crippen LogP contribution in [0.1, 0.15) is 46.0 Å². The summed E-state index contributed by atoms with van der Waals surface area (Å²) in [5.74, 6) is 1.45. The van der Waals surface area contributed by atoms with Crippen molar-refractivity contribution in [3.8, 4) is 0 Å². The molecule has 0 unspecified atom stereocenters. The lowest BCUT2D eigenvalue weighted by molar-refractivity contribution is 0.529. The standard InChI is InChI=1S/C14H25N3S2/c1-10(2)8-9-17(11-6-4-5-7-11)14-12(18-3)13(15)16-19-14/h10-11H,4-9H2,1-3H3,(H2,15,16). The highest BCUT2D eigenvalue weighted by atomic mass is 32.2. The maximum absolute atomic E-state index is 6.00. The quantitative estimate of drug-likeness (QED) is 0.798. The molecule has 0 aliphatic heterocycles. The molecule has 2 rings (SSSR count). The Morgan fingerprint density at radius 2 is 2.11 bits per heavy atom. The largest absolute Gasteiger partial charge is 0.382 e. The van der Waals surface area contributed by atoms with Gasteiger partial charge in [-0.2, -0.15) is 4.37 Å². The van der Waals surface area contributed by atoms with Crippen LogP contribution < -0.4 is 10.6 Å². The molecule has 1 aromatic rings. The zero-order valence-electron chi connectivity index (χ0n) is 12.2. The molecule has 0 spiro atoms. The molecule has 5 heteroatoms. The van der Waals surface area contributed by atoms with Gasteiger partial charge < -0.3 is 10.6 Å². The molecule has 1 aliphatic carbocycles. The van der Waals surface area contributed by atoms with E-state index in [-0.39, 0.29) is 0 Å². The van der Waals surface area contributed by atoms with Gasteiger partial charge in [-0.1, -0.05) is 26.7 Å². The third-order valence-corrected chi connectivity index (χ3v) is 5.67. The van der Waals surface area contributed by atoms with E-state index in [1.54, 1.807) is 23.3 Å². The summed E-state index contributed by atoms with van der Waals surface area (Å²) in [5, 5.41) is 1.30. The van der Waals surface area contributed by atoms with Gasteiger partial charge in [-0.05, 0) is 43.0 Å². The smallest absolute Gasteiger partial charge is 0.153 e. The first-order valence-corrected chi connectivity index (χ1v) is 9.19. The predicted molar refractivity (Wildman–Crippen MR) is 87.4 cm³/mol. The van der Waals surface area contributed by atoms with E-state index in [9.17, 15) is 0 Å². The van der Waals surface area contributed by atoms with Crippen LogP contribution in [0.3, 0.4) is 0 Å². The number of rotatable bonds is 6. The predicted octanol–water partition coefficient (Wildman–Crippen LogP) is 4.24. The van der Waals surface area contributed by atoms with E-state index in [1.807, 2.05) is 0 Å². The lowest BCUT2D eigenvalue weighted by Crippen LogP contribution is -2.34. The number of nitrogens with two attached hydrogens (primary N) is 1. The third-order valence-electron chi connectivity index (χ3n) is 3.84. The van der Waals surface area contributed by atoms with Gasteiger partial charge in [0.05, 0.1) is 4.90 Å². The Hall–Kier alpha value is -0.420. The lowest BCUT2D eigenvalue weighted by atomic mass is 10.1. The van der Waals surface area contributed by atoms with Crippen LogP contribution in [-0.4, -0.2) is 23.2 Å². The van der Waals surface area contributed by atoms with Crippen LogP contribution in [0.4, 0.5) is 10.8 Å². The molecular formula is C14H25N3S2. The van der Waals surface area contributed by atoms with Crippen LogP contribution in [0.25, 0.3) is 0 Å². The minimum Gasteiger partial charge on any atom is -0.382 e. The normalized spacial score (nSPS) is 16.4. The van der Waals surface area contributed by atoms with E-state index in [2.05, 4.69) is 29.4 Å². The van der Waals surface area contributed by atoms with E-state index in [4.69, 9.17) is 5.73 Å². The molecule has 0 bridgehead atoms. The molecule has 3 nitrogen and oxygen atoms in total. The fourth-order valence-electron chi connectivity index (χ4n) is 2.72. The molecule has 1 heterocycles. The number of hydrogen-bond acceptors (Lipinski definition) is 5. The van der Waals surface area contributed by atoms with Crippen molar-refractivity contribution in [3.63, 3.8) is 0 Å². The molecule has 108 valence electrons. The van der Waals surface area contributed by atoms with Gasteiger partial charge in [0.25, 0.3) is 0 Å². The van der Waals surface area contributed by atoms with Gasteiger partial charge in [0.1, 0.15) is 5.00 Å². The van der Waals surface area contributed by atoms with Crippen molar-refractivity contribution in [3.05, 3.63) is 0 Å². The Bertz CT molecular complexity index is 397. The van der Waals surface area contributed by atoms with Gasteiger partial charge in [0.15, 0.2) is 5.82 Å². The summed E-state index contributed by atoms with van der Waals surface area (Å²) >= 11 is 3.31. The molecule has 19 heavy (non-hydrogen) atoms. The number of aromatic nitrogens is 1. The molecule has 0 aromatic carbocycles. The second-order valence-electron chi connectivity index (χ2n) is 5.72. The average Bonchev–Trinajstić information content (AvgIpc) is 3.00. The van der Waals surface area contributed by atoms with Gasteiger partial charge >= 0.3 is 0 Å². The summed E-state index contributed by atoms with van der Waals surface area (Å²) < 4.78 is 4.36. The highest BCUT2D eigenvalue weighted by Crippen LogP contribution is 2.40. The molecule has 0 saturated heterocycles. The second kappa shape index (κ2) is 6.84. The van der Waals surface area contributed by atoms with Crippen LogP contribution >= 0.6 is 23.3 Å². The molecule has 2 N–H and O–H groups in total. The lowest BCUT2D eigenvalue weighted by Gasteiger charge is -2.31. The van der Waals surface area contributed by atoms with Gasteiger partial charge in [-0.25, -0.2) is 0 Å². The van der Waals surface area contributed by atoms with Crippen molar-refractivity contribution < 1.29 is 0 Å². The highest BCUT2D eigenvalue weighted by molar-refractivity contribution is 7.99. The third kappa shape index (κ3) is 3.57. The summed E-state index contributed by atoms with van der Waals surface area (Å²) in [6.45, 7) is 5.73. The molecule has 0 radical (unpaired) electrons. The van der Waals surface area contributed by atoms with Crippen molar-refractivity contribution in [1.29, 1.82) is 0 Å². The van der Waals surface area contributed by atoms with Crippen molar-refractivity contribution in [2.45, 2.75) is 56.9 Å². The fraction of sp³-hybridized carbons (Fsp3) is 0.786. The summed E-state index contributed by atoms with van der Waals surface area (Å²) in [6, 6.07) is 0.699. The van der Waals surface area contributed by atoms with E-state index >= 15 is 0 Å². The minimum absolute atomic E-state index is 0.699. The van der Waals surface area contributed by atoms with Gasteiger partial charge in [0.2, 0.25) is 0 Å². The van der Waals surface area contributed by atoms with Crippen LogP contribution in [0, 0.1) is 5.92 Å². The van der Waals surface area contributed by atoms with Crippen LogP contribution in [0.5, 0.6) is 0 Å². The first-order chi connectivity index (χ1) is 9.13. The summed E-state index contributed by atoms with van der Waals surface area (Å²) in [4.78, 5) is 3.77. The van der Waals surface area contributed by atoms with Gasteiger partial charge in [0, 0.05) is 12.6 Å². The van der Waals surface area contributed by atoms with Crippen molar-refractivity contribution in [2.75, 3.05) is 23.4 Å². The Morgan fingerprint density at radius 3 is 2.68 bits per heavy atom. The Kier molecular flexibility index (Phi) is 5.39. The zero-order chi connectivity index (χ0) is 13.8. The van der Waals surface area contributed by atoms with Crippen molar-refractivity contribution in [2.24, 2.45) is 5.92 Å². The first-order valence-electron chi connectivity index (χ1n) is 7.19. The summed E-state index contributed by atoms with van der Waals surface area (Å²) in [7, 11) is 0. The number of anilines is 2. The maximum Gasteiger partial charge on any atom is 0.153 e. The van der Waals surface area contributed by atoms with Crippen LogP contribution in [-0.2, 0) is 0 Å².